The third kappa shape index (κ3) is 2.72. The molecule has 2 rings (SSSR count). The van der Waals surface area contributed by atoms with Gasteiger partial charge in [-0.05, 0) is 50.0 Å². The van der Waals surface area contributed by atoms with Gasteiger partial charge in [-0.3, -0.25) is 4.90 Å². The number of piperidine rings is 1. The van der Waals surface area contributed by atoms with E-state index in [9.17, 15) is 0 Å². The molecule has 1 aliphatic rings. The van der Waals surface area contributed by atoms with E-state index in [1.54, 1.807) is 0 Å². The summed E-state index contributed by atoms with van der Waals surface area (Å²) in [4.78, 5) is 2.54. The molecular weight excluding hydrogens is 184 g/mol. The highest BCUT2D eigenvalue weighted by Gasteiger charge is 2.10. The second kappa shape index (κ2) is 4.67. The van der Waals surface area contributed by atoms with Gasteiger partial charge >= 0.3 is 0 Å². The molecule has 1 heterocycles. The van der Waals surface area contributed by atoms with Crippen LogP contribution >= 0.6 is 0 Å². The summed E-state index contributed by atoms with van der Waals surface area (Å²) in [6, 6.07) is 6.38. The predicted molar refractivity (Wildman–Crippen MR) is 64.7 cm³/mol. The standard InChI is InChI=1S/C13H20N2/c1-11-9-12(5-6-13(11)14)10-15-7-3-2-4-8-15/h5-6,9H,2-4,7-8,10,14H2,1H3. The van der Waals surface area contributed by atoms with Gasteiger partial charge in [-0.25, -0.2) is 0 Å². The lowest BCUT2D eigenvalue weighted by Gasteiger charge is -2.26. The van der Waals surface area contributed by atoms with E-state index in [1.807, 2.05) is 6.07 Å². The van der Waals surface area contributed by atoms with Crippen LogP contribution in [0.2, 0.25) is 0 Å². The lowest BCUT2D eigenvalue weighted by Crippen LogP contribution is -2.29. The van der Waals surface area contributed by atoms with Crippen molar-refractivity contribution in [3.8, 4) is 0 Å². The highest BCUT2D eigenvalue weighted by molar-refractivity contribution is 5.47. The van der Waals surface area contributed by atoms with Crippen LogP contribution in [-0.4, -0.2) is 18.0 Å². The molecule has 0 aliphatic carbocycles. The summed E-state index contributed by atoms with van der Waals surface area (Å²) >= 11 is 0. The molecule has 2 nitrogen and oxygen atoms in total. The van der Waals surface area contributed by atoms with Crippen LogP contribution in [0.5, 0.6) is 0 Å². The molecule has 0 unspecified atom stereocenters. The first kappa shape index (κ1) is 10.5. The number of hydrogen-bond acceptors (Lipinski definition) is 2. The number of nitrogens with zero attached hydrogens (tertiary/aromatic N) is 1. The van der Waals surface area contributed by atoms with Crippen LogP contribution < -0.4 is 5.73 Å². The third-order valence-corrected chi connectivity index (χ3v) is 3.19. The van der Waals surface area contributed by atoms with Gasteiger partial charge in [0.05, 0.1) is 0 Å². The second-order valence-corrected chi connectivity index (χ2v) is 4.53. The predicted octanol–water partition coefficient (Wildman–Crippen LogP) is 2.56. The van der Waals surface area contributed by atoms with Gasteiger partial charge in [-0.15, -0.1) is 0 Å². The molecule has 0 radical (unpaired) electrons. The highest BCUT2D eigenvalue weighted by atomic mass is 15.1. The van der Waals surface area contributed by atoms with Gasteiger partial charge in [-0.2, -0.15) is 0 Å². The second-order valence-electron chi connectivity index (χ2n) is 4.53. The zero-order valence-corrected chi connectivity index (χ0v) is 9.50. The molecule has 0 saturated carbocycles. The van der Waals surface area contributed by atoms with Gasteiger partial charge in [0.25, 0.3) is 0 Å². The Morgan fingerprint density at radius 3 is 2.60 bits per heavy atom. The zero-order chi connectivity index (χ0) is 10.7. The number of anilines is 1. The quantitative estimate of drug-likeness (QED) is 0.750. The molecule has 1 fully saturated rings. The van der Waals surface area contributed by atoms with Crippen molar-refractivity contribution in [3.05, 3.63) is 29.3 Å². The Balaban J connectivity index is 2.00. The first-order valence-electron chi connectivity index (χ1n) is 5.83. The molecule has 0 amide bonds. The van der Waals surface area contributed by atoms with E-state index < -0.39 is 0 Å². The summed E-state index contributed by atoms with van der Waals surface area (Å²) in [6.45, 7) is 5.67. The topological polar surface area (TPSA) is 29.3 Å². The SMILES string of the molecule is Cc1cc(CN2CCCCC2)ccc1N. The van der Waals surface area contributed by atoms with Crippen LogP contribution in [0.15, 0.2) is 18.2 Å². The molecule has 82 valence electrons. The van der Waals surface area contributed by atoms with Gasteiger partial charge in [0.15, 0.2) is 0 Å². The van der Waals surface area contributed by atoms with Crippen molar-refractivity contribution in [2.75, 3.05) is 18.8 Å². The van der Waals surface area contributed by atoms with Crippen molar-refractivity contribution in [2.24, 2.45) is 0 Å². The number of benzene rings is 1. The molecule has 1 aromatic carbocycles. The summed E-state index contributed by atoms with van der Waals surface area (Å²) in [5, 5.41) is 0. The summed E-state index contributed by atoms with van der Waals surface area (Å²) < 4.78 is 0. The molecule has 1 aromatic rings. The summed E-state index contributed by atoms with van der Waals surface area (Å²) in [5.41, 5.74) is 9.30. The van der Waals surface area contributed by atoms with Crippen LogP contribution in [0.3, 0.4) is 0 Å². The number of likely N-dealkylation sites (tertiary alicyclic amines) is 1. The fraction of sp³-hybridized carbons (Fsp3) is 0.538. The van der Waals surface area contributed by atoms with Gasteiger partial charge in [0.2, 0.25) is 0 Å². The van der Waals surface area contributed by atoms with Crippen LogP contribution in [0.1, 0.15) is 30.4 Å². The Hall–Kier alpha value is -1.02. The highest BCUT2D eigenvalue weighted by Crippen LogP contribution is 2.16. The molecular formula is C13H20N2. The smallest absolute Gasteiger partial charge is 0.0343 e. The maximum Gasteiger partial charge on any atom is 0.0343 e. The number of aryl methyl sites for hydroxylation is 1. The molecule has 0 atom stereocenters. The van der Waals surface area contributed by atoms with Crippen molar-refractivity contribution in [1.29, 1.82) is 0 Å². The van der Waals surface area contributed by atoms with Crippen LogP contribution in [0, 0.1) is 6.92 Å². The van der Waals surface area contributed by atoms with Crippen LogP contribution in [-0.2, 0) is 6.54 Å². The van der Waals surface area contributed by atoms with E-state index in [0.29, 0.717) is 0 Å². The fourth-order valence-corrected chi connectivity index (χ4v) is 2.21. The van der Waals surface area contributed by atoms with E-state index >= 15 is 0 Å². The van der Waals surface area contributed by atoms with Crippen molar-refractivity contribution in [1.82, 2.24) is 4.90 Å². The van der Waals surface area contributed by atoms with Crippen molar-refractivity contribution in [3.63, 3.8) is 0 Å². The minimum absolute atomic E-state index is 0.900. The minimum atomic E-state index is 0.900. The lowest BCUT2D eigenvalue weighted by atomic mass is 10.1. The first-order valence-corrected chi connectivity index (χ1v) is 5.83. The molecule has 2 heteroatoms. The fourth-order valence-electron chi connectivity index (χ4n) is 2.21. The average Bonchev–Trinajstić information content (AvgIpc) is 2.25. The van der Waals surface area contributed by atoms with E-state index in [0.717, 1.165) is 12.2 Å². The molecule has 2 N–H and O–H groups in total. The van der Waals surface area contributed by atoms with Gasteiger partial charge in [-0.1, -0.05) is 18.6 Å². The molecule has 0 spiro atoms. The maximum atomic E-state index is 5.81. The van der Waals surface area contributed by atoms with Gasteiger partial charge in [0.1, 0.15) is 0 Å². The van der Waals surface area contributed by atoms with E-state index in [4.69, 9.17) is 5.73 Å². The molecule has 15 heavy (non-hydrogen) atoms. The lowest BCUT2D eigenvalue weighted by molar-refractivity contribution is 0.221. The zero-order valence-electron chi connectivity index (χ0n) is 9.50. The van der Waals surface area contributed by atoms with E-state index in [2.05, 4.69) is 24.0 Å². The third-order valence-electron chi connectivity index (χ3n) is 3.19. The summed E-state index contributed by atoms with van der Waals surface area (Å²) in [5.74, 6) is 0. The number of nitrogens with two attached hydrogens (primary N) is 1. The van der Waals surface area contributed by atoms with Crippen molar-refractivity contribution < 1.29 is 0 Å². The summed E-state index contributed by atoms with van der Waals surface area (Å²) in [6.07, 6.45) is 4.11. The van der Waals surface area contributed by atoms with Crippen molar-refractivity contribution >= 4 is 5.69 Å². The minimum Gasteiger partial charge on any atom is -0.399 e. The monoisotopic (exact) mass is 204 g/mol. The Morgan fingerprint density at radius 2 is 1.93 bits per heavy atom. The Morgan fingerprint density at radius 1 is 1.20 bits per heavy atom. The Labute approximate surface area is 92.1 Å². The largest absolute Gasteiger partial charge is 0.399 e. The number of nitrogen functional groups attached to an aromatic ring is 1. The first-order chi connectivity index (χ1) is 7.25. The molecule has 1 aliphatic heterocycles. The van der Waals surface area contributed by atoms with Crippen LogP contribution in [0.25, 0.3) is 0 Å². The van der Waals surface area contributed by atoms with Crippen LogP contribution in [0.4, 0.5) is 5.69 Å². The molecule has 0 bridgehead atoms. The Kier molecular flexibility index (Phi) is 3.27. The molecule has 1 saturated heterocycles. The average molecular weight is 204 g/mol. The van der Waals surface area contributed by atoms with E-state index in [1.165, 1.54) is 43.5 Å². The Bertz CT molecular complexity index is 327. The maximum absolute atomic E-state index is 5.81. The van der Waals surface area contributed by atoms with E-state index in [-0.39, 0.29) is 0 Å². The number of hydrogen-bond donors (Lipinski definition) is 1. The normalized spacial score (nSPS) is 17.9. The molecule has 0 aromatic heterocycles. The number of rotatable bonds is 2. The van der Waals surface area contributed by atoms with Gasteiger partial charge in [0, 0.05) is 12.2 Å². The summed E-state index contributed by atoms with van der Waals surface area (Å²) in [7, 11) is 0. The van der Waals surface area contributed by atoms with Crippen molar-refractivity contribution in [2.45, 2.75) is 32.7 Å². The van der Waals surface area contributed by atoms with Gasteiger partial charge < -0.3 is 5.73 Å².